The molecule has 0 bridgehead atoms. The molecule has 1 fully saturated rings. The number of carbonyl (C=O) groups excluding carboxylic acids is 3. The zero-order valence-electron chi connectivity index (χ0n) is 24.7. The minimum absolute atomic E-state index is 0.196. The van der Waals surface area contributed by atoms with E-state index in [-0.39, 0.29) is 12.2 Å². The fraction of sp³-hybridized carbons (Fsp3) is 0.108. The molecule has 1 aliphatic heterocycles. The Morgan fingerprint density at radius 1 is 0.800 bits per heavy atom. The first-order chi connectivity index (χ1) is 21.8. The summed E-state index contributed by atoms with van der Waals surface area (Å²) in [4.78, 5) is 40.3. The molecule has 0 aromatic heterocycles. The van der Waals surface area contributed by atoms with Crippen LogP contribution in [0.5, 0.6) is 11.5 Å². The molecule has 0 radical (unpaired) electrons. The Kier molecular flexibility index (Phi) is 8.49. The second-order valence-electron chi connectivity index (χ2n) is 10.8. The Morgan fingerprint density at radius 2 is 1.56 bits per heavy atom. The predicted molar refractivity (Wildman–Crippen MR) is 178 cm³/mol. The molecule has 0 saturated carbocycles. The van der Waals surface area contributed by atoms with Gasteiger partial charge in [0.1, 0.15) is 30.3 Å². The molecule has 224 valence electrons. The van der Waals surface area contributed by atoms with Crippen LogP contribution in [0.2, 0.25) is 0 Å². The minimum atomic E-state index is -0.826. The second kappa shape index (κ2) is 12.8. The third kappa shape index (κ3) is 6.51. The summed E-state index contributed by atoms with van der Waals surface area (Å²) in [7, 11) is 0. The number of hydrogen-bond acceptors (Lipinski definition) is 5. The molecule has 1 saturated heterocycles. The Balaban J connectivity index is 1.24. The molecular formula is C37H29BrN2O5. The monoisotopic (exact) mass is 660 g/mol. The fourth-order valence-electron chi connectivity index (χ4n) is 5.14. The molecule has 8 heteroatoms. The Labute approximate surface area is 269 Å². The van der Waals surface area contributed by atoms with Crippen molar-refractivity contribution >= 4 is 56.3 Å². The lowest BCUT2D eigenvalue weighted by Crippen LogP contribution is -2.54. The number of amides is 4. The molecule has 0 spiro atoms. The van der Waals surface area contributed by atoms with Crippen LogP contribution in [0.15, 0.2) is 113 Å². The Morgan fingerprint density at radius 3 is 2.33 bits per heavy atom. The fourth-order valence-corrected chi connectivity index (χ4v) is 5.52. The summed E-state index contributed by atoms with van der Waals surface area (Å²) in [6, 6.07) is 31.4. The molecule has 45 heavy (non-hydrogen) atoms. The van der Waals surface area contributed by atoms with Gasteiger partial charge in [-0.15, -0.1) is 0 Å². The Hall–Kier alpha value is -5.21. The Bertz CT molecular complexity index is 1970. The molecule has 1 aliphatic rings. The number of carbonyl (C=O) groups is 3. The average molecular weight is 662 g/mol. The number of nitrogens with one attached hydrogen (secondary N) is 1. The predicted octanol–water partition coefficient (Wildman–Crippen LogP) is 8.04. The first kappa shape index (κ1) is 29.8. The van der Waals surface area contributed by atoms with Crippen molar-refractivity contribution in [3.8, 4) is 11.5 Å². The quantitative estimate of drug-likeness (QED) is 0.134. The van der Waals surface area contributed by atoms with E-state index in [0.717, 1.165) is 36.8 Å². The van der Waals surface area contributed by atoms with Crippen LogP contribution < -0.4 is 19.7 Å². The molecule has 1 N–H and O–H groups in total. The molecule has 5 aromatic rings. The minimum Gasteiger partial charge on any atom is -0.489 e. The smallest absolute Gasteiger partial charge is 0.335 e. The van der Waals surface area contributed by atoms with Gasteiger partial charge in [0.2, 0.25) is 0 Å². The van der Waals surface area contributed by atoms with Gasteiger partial charge < -0.3 is 9.47 Å². The number of nitrogens with zero attached hydrogens (tertiary/aromatic N) is 1. The molecule has 1 heterocycles. The van der Waals surface area contributed by atoms with Crippen LogP contribution in [-0.2, 0) is 22.8 Å². The second-order valence-corrected chi connectivity index (χ2v) is 11.7. The largest absolute Gasteiger partial charge is 0.489 e. The zero-order valence-corrected chi connectivity index (χ0v) is 26.3. The number of anilines is 1. The van der Waals surface area contributed by atoms with Gasteiger partial charge in [0, 0.05) is 15.6 Å². The van der Waals surface area contributed by atoms with Crippen LogP contribution in [0.3, 0.4) is 0 Å². The number of hydrogen-bond donors (Lipinski definition) is 1. The van der Waals surface area contributed by atoms with Crippen molar-refractivity contribution in [2.75, 3.05) is 4.90 Å². The van der Waals surface area contributed by atoms with Gasteiger partial charge >= 0.3 is 6.03 Å². The average Bonchev–Trinajstić information content (AvgIpc) is 3.03. The van der Waals surface area contributed by atoms with Crippen molar-refractivity contribution in [2.45, 2.75) is 27.1 Å². The number of barbiturate groups is 1. The maximum atomic E-state index is 13.6. The first-order valence-corrected chi connectivity index (χ1v) is 15.2. The van der Waals surface area contributed by atoms with Crippen molar-refractivity contribution in [3.63, 3.8) is 0 Å². The highest BCUT2D eigenvalue weighted by Gasteiger charge is 2.37. The number of ether oxygens (including phenoxy) is 2. The van der Waals surface area contributed by atoms with Crippen LogP contribution in [0.1, 0.15) is 27.8 Å². The van der Waals surface area contributed by atoms with Crippen molar-refractivity contribution in [1.82, 2.24) is 5.32 Å². The topological polar surface area (TPSA) is 84.9 Å². The van der Waals surface area contributed by atoms with Crippen LogP contribution in [0.4, 0.5) is 10.5 Å². The van der Waals surface area contributed by atoms with Crippen LogP contribution in [-0.4, -0.2) is 17.8 Å². The van der Waals surface area contributed by atoms with Gasteiger partial charge in [-0.1, -0.05) is 82.2 Å². The summed E-state index contributed by atoms with van der Waals surface area (Å²) in [6.07, 6.45) is 1.45. The van der Waals surface area contributed by atoms with Gasteiger partial charge in [0.25, 0.3) is 11.8 Å². The van der Waals surface area contributed by atoms with E-state index in [2.05, 4.69) is 45.5 Å². The maximum absolute atomic E-state index is 13.6. The van der Waals surface area contributed by atoms with E-state index in [1.54, 1.807) is 36.4 Å². The van der Waals surface area contributed by atoms with Gasteiger partial charge in [-0.05, 0) is 84.3 Å². The maximum Gasteiger partial charge on any atom is 0.335 e. The number of fused-ring (bicyclic) bond motifs is 1. The SMILES string of the molecule is Cc1ccc(COc2ccc(N3C(=O)NC(=O)/C(=C\c4cc(Br)ccc4OCc4c(C)ccc5ccccc45)C3=O)cc2)cc1. The lowest BCUT2D eigenvalue weighted by molar-refractivity contribution is -0.122. The summed E-state index contributed by atoms with van der Waals surface area (Å²) in [5, 5.41) is 4.49. The van der Waals surface area contributed by atoms with Crippen molar-refractivity contribution in [2.24, 2.45) is 0 Å². The molecule has 7 nitrogen and oxygen atoms in total. The van der Waals surface area contributed by atoms with Crippen LogP contribution in [0.25, 0.3) is 16.8 Å². The lowest BCUT2D eigenvalue weighted by Gasteiger charge is -2.26. The highest BCUT2D eigenvalue weighted by molar-refractivity contribution is 9.10. The number of halogens is 1. The highest BCUT2D eigenvalue weighted by Crippen LogP contribution is 2.31. The van der Waals surface area contributed by atoms with E-state index in [9.17, 15) is 14.4 Å². The van der Waals surface area contributed by atoms with Crippen molar-refractivity contribution < 1.29 is 23.9 Å². The number of imide groups is 2. The lowest BCUT2D eigenvalue weighted by atomic mass is 10.0. The van der Waals surface area contributed by atoms with E-state index in [1.807, 2.05) is 56.3 Å². The number of aryl methyl sites for hydroxylation is 2. The van der Waals surface area contributed by atoms with E-state index in [1.165, 1.54) is 11.6 Å². The molecule has 0 atom stereocenters. The third-order valence-corrected chi connectivity index (χ3v) is 8.13. The molecule has 0 aliphatic carbocycles. The molecule has 4 amide bonds. The van der Waals surface area contributed by atoms with Crippen molar-refractivity contribution in [3.05, 3.63) is 141 Å². The van der Waals surface area contributed by atoms with Gasteiger partial charge in [-0.2, -0.15) is 0 Å². The van der Waals surface area contributed by atoms with E-state index >= 15 is 0 Å². The summed E-state index contributed by atoms with van der Waals surface area (Å²) >= 11 is 3.48. The number of benzene rings is 5. The first-order valence-electron chi connectivity index (χ1n) is 14.4. The van der Waals surface area contributed by atoms with E-state index < -0.39 is 17.8 Å². The molecule has 5 aromatic carbocycles. The number of rotatable bonds is 8. The van der Waals surface area contributed by atoms with Gasteiger partial charge in [0.05, 0.1) is 5.69 Å². The summed E-state index contributed by atoms with van der Waals surface area (Å²) in [5.74, 6) is -0.464. The summed E-state index contributed by atoms with van der Waals surface area (Å²) in [6.45, 7) is 4.72. The molecule has 0 unspecified atom stereocenters. The van der Waals surface area contributed by atoms with Crippen molar-refractivity contribution in [1.29, 1.82) is 0 Å². The van der Waals surface area contributed by atoms with Gasteiger partial charge in [-0.25, -0.2) is 9.69 Å². The highest BCUT2D eigenvalue weighted by atomic mass is 79.9. The van der Waals surface area contributed by atoms with E-state index in [0.29, 0.717) is 29.4 Å². The normalized spacial score (nSPS) is 14.2. The van der Waals surface area contributed by atoms with Gasteiger partial charge in [0.15, 0.2) is 0 Å². The third-order valence-electron chi connectivity index (χ3n) is 7.64. The zero-order chi connectivity index (χ0) is 31.5. The summed E-state index contributed by atoms with van der Waals surface area (Å²) < 4.78 is 12.9. The molecule has 6 rings (SSSR count). The standard InChI is InChI=1S/C37H29BrN2O5/c1-23-7-10-25(11-8-23)21-44-30-16-14-29(15-17-30)40-36(42)32(35(41)39-37(40)43)20-27-19-28(38)13-18-34(27)45-22-33-24(2)9-12-26-5-3-4-6-31(26)33/h3-20H,21-22H2,1-2H3,(H,39,41,43)/b32-20+. The number of urea groups is 1. The molecular weight excluding hydrogens is 632 g/mol. The van der Waals surface area contributed by atoms with E-state index in [4.69, 9.17) is 9.47 Å². The van der Waals surface area contributed by atoms with Crippen LogP contribution >= 0.6 is 15.9 Å². The summed E-state index contributed by atoms with van der Waals surface area (Å²) in [5.41, 5.74) is 4.94. The van der Waals surface area contributed by atoms with Gasteiger partial charge in [-0.3, -0.25) is 14.9 Å². The van der Waals surface area contributed by atoms with Crippen LogP contribution in [0, 0.1) is 13.8 Å².